The monoisotopic (exact) mass is 276 g/mol. The quantitative estimate of drug-likeness (QED) is 0.931. The van der Waals surface area contributed by atoms with Crippen molar-refractivity contribution in [1.82, 2.24) is 9.78 Å². The van der Waals surface area contributed by atoms with Crippen LogP contribution in [0, 0.1) is 19.7 Å². The predicted octanol–water partition coefficient (Wildman–Crippen LogP) is 3.41. The minimum absolute atomic E-state index is 0.294. The zero-order chi connectivity index (χ0) is 14.9. The van der Waals surface area contributed by atoms with Crippen LogP contribution < -0.4 is 0 Å². The van der Waals surface area contributed by atoms with E-state index in [1.165, 1.54) is 6.07 Å². The minimum atomic E-state index is -1.26. The summed E-state index contributed by atoms with van der Waals surface area (Å²) in [6, 6.07) is 4.41. The third-order valence-electron chi connectivity index (χ3n) is 3.32. The number of aryl methyl sites for hydroxylation is 2. The van der Waals surface area contributed by atoms with Gasteiger partial charge < -0.3 is 5.11 Å². The van der Waals surface area contributed by atoms with E-state index in [4.69, 9.17) is 5.11 Å². The van der Waals surface area contributed by atoms with E-state index >= 15 is 0 Å². The van der Waals surface area contributed by atoms with Crippen LogP contribution in [0.4, 0.5) is 4.39 Å². The second kappa shape index (κ2) is 5.45. The maximum atomic E-state index is 14.3. The van der Waals surface area contributed by atoms with E-state index in [2.05, 4.69) is 5.10 Å². The Morgan fingerprint density at radius 2 is 2.10 bits per heavy atom. The molecule has 106 valence electrons. The van der Waals surface area contributed by atoms with Gasteiger partial charge in [-0.2, -0.15) is 5.10 Å². The molecule has 0 spiro atoms. The largest absolute Gasteiger partial charge is 0.478 e. The first-order valence-electron chi connectivity index (χ1n) is 6.53. The molecule has 4 nitrogen and oxygen atoms in total. The van der Waals surface area contributed by atoms with Crippen molar-refractivity contribution in [3.63, 3.8) is 0 Å². The van der Waals surface area contributed by atoms with Crippen LogP contribution in [0.1, 0.15) is 35.1 Å². The van der Waals surface area contributed by atoms with Gasteiger partial charge in [-0.05, 0) is 26.3 Å². The molecule has 1 N–H and O–H groups in total. The first-order valence-corrected chi connectivity index (χ1v) is 6.53. The van der Waals surface area contributed by atoms with Gasteiger partial charge in [0.1, 0.15) is 5.82 Å². The minimum Gasteiger partial charge on any atom is -0.478 e. The Labute approximate surface area is 116 Å². The van der Waals surface area contributed by atoms with Gasteiger partial charge in [-0.15, -0.1) is 0 Å². The molecule has 0 aliphatic heterocycles. The Kier molecular flexibility index (Phi) is 3.88. The normalized spacial score (nSPS) is 10.8. The number of carboxylic acids is 1. The van der Waals surface area contributed by atoms with Gasteiger partial charge in [0.05, 0.1) is 11.3 Å². The lowest BCUT2D eigenvalue weighted by atomic mass is 10.0. The fourth-order valence-corrected chi connectivity index (χ4v) is 2.41. The van der Waals surface area contributed by atoms with Crippen molar-refractivity contribution in [2.45, 2.75) is 33.7 Å². The van der Waals surface area contributed by atoms with Crippen molar-refractivity contribution >= 4 is 5.97 Å². The van der Waals surface area contributed by atoms with E-state index < -0.39 is 11.8 Å². The summed E-state index contributed by atoms with van der Waals surface area (Å²) >= 11 is 0. The lowest BCUT2D eigenvalue weighted by Gasteiger charge is -2.07. The molecule has 0 aliphatic rings. The number of halogens is 1. The fourth-order valence-electron chi connectivity index (χ4n) is 2.41. The van der Waals surface area contributed by atoms with Crippen LogP contribution in [0.3, 0.4) is 0 Å². The highest BCUT2D eigenvalue weighted by Gasteiger charge is 2.20. The zero-order valence-corrected chi connectivity index (χ0v) is 11.8. The van der Waals surface area contributed by atoms with Crippen molar-refractivity contribution in [3.8, 4) is 11.1 Å². The SMILES string of the molecule is CCCn1nc(C)c(-c2cccc(C(=O)O)c2F)c1C. The Morgan fingerprint density at radius 1 is 1.40 bits per heavy atom. The number of carbonyl (C=O) groups is 1. The molecule has 2 aromatic rings. The molecule has 20 heavy (non-hydrogen) atoms. The smallest absolute Gasteiger partial charge is 0.338 e. The topological polar surface area (TPSA) is 55.1 Å². The highest BCUT2D eigenvalue weighted by Crippen LogP contribution is 2.30. The van der Waals surface area contributed by atoms with Gasteiger partial charge in [0, 0.05) is 23.4 Å². The summed E-state index contributed by atoms with van der Waals surface area (Å²) in [5, 5.41) is 13.4. The third kappa shape index (κ3) is 2.31. The lowest BCUT2D eigenvalue weighted by Crippen LogP contribution is -2.03. The molecule has 0 saturated heterocycles. The van der Waals surface area contributed by atoms with Crippen LogP contribution in [0.15, 0.2) is 18.2 Å². The summed E-state index contributed by atoms with van der Waals surface area (Å²) in [5.74, 6) is -1.97. The molecule has 0 amide bonds. The fraction of sp³-hybridized carbons (Fsp3) is 0.333. The number of nitrogens with zero attached hydrogens (tertiary/aromatic N) is 2. The van der Waals surface area contributed by atoms with E-state index in [0.29, 0.717) is 16.8 Å². The summed E-state index contributed by atoms with van der Waals surface area (Å²) in [6.45, 7) is 6.48. The number of rotatable bonds is 4. The number of carboxylic acid groups (broad SMARTS) is 1. The number of aromatic nitrogens is 2. The summed E-state index contributed by atoms with van der Waals surface area (Å²) in [5.41, 5.74) is 2.22. The van der Waals surface area contributed by atoms with Crippen LogP contribution in [0.5, 0.6) is 0 Å². The van der Waals surface area contributed by atoms with E-state index in [9.17, 15) is 9.18 Å². The Balaban J connectivity index is 2.63. The molecular weight excluding hydrogens is 259 g/mol. The average molecular weight is 276 g/mol. The van der Waals surface area contributed by atoms with Gasteiger partial charge in [-0.1, -0.05) is 19.1 Å². The number of aromatic carboxylic acids is 1. The van der Waals surface area contributed by atoms with Crippen molar-refractivity contribution in [2.24, 2.45) is 0 Å². The molecule has 0 radical (unpaired) electrons. The molecule has 5 heteroatoms. The van der Waals surface area contributed by atoms with E-state index in [1.54, 1.807) is 19.1 Å². The van der Waals surface area contributed by atoms with Gasteiger partial charge in [0.15, 0.2) is 0 Å². The van der Waals surface area contributed by atoms with Crippen molar-refractivity contribution in [1.29, 1.82) is 0 Å². The van der Waals surface area contributed by atoms with Crippen LogP contribution >= 0.6 is 0 Å². The maximum Gasteiger partial charge on any atom is 0.338 e. The molecule has 2 rings (SSSR count). The molecule has 0 bridgehead atoms. The summed E-state index contributed by atoms with van der Waals surface area (Å²) in [4.78, 5) is 11.0. The molecule has 1 heterocycles. The summed E-state index contributed by atoms with van der Waals surface area (Å²) < 4.78 is 16.2. The molecule has 0 atom stereocenters. The first kappa shape index (κ1) is 14.2. The van der Waals surface area contributed by atoms with Crippen molar-refractivity contribution < 1.29 is 14.3 Å². The van der Waals surface area contributed by atoms with Crippen molar-refractivity contribution in [2.75, 3.05) is 0 Å². The molecule has 0 fully saturated rings. The van der Waals surface area contributed by atoms with Gasteiger partial charge in [0.25, 0.3) is 0 Å². The van der Waals surface area contributed by atoms with Gasteiger partial charge in [-0.25, -0.2) is 9.18 Å². The average Bonchev–Trinajstić information content (AvgIpc) is 2.66. The molecule has 0 saturated carbocycles. The van der Waals surface area contributed by atoms with E-state index in [0.717, 1.165) is 18.7 Å². The van der Waals surface area contributed by atoms with Crippen LogP contribution in [0.25, 0.3) is 11.1 Å². The highest BCUT2D eigenvalue weighted by atomic mass is 19.1. The number of benzene rings is 1. The van der Waals surface area contributed by atoms with E-state index in [-0.39, 0.29) is 5.56 Å². The second-order valence-corrected chi connectivity index (χ2v) is 4.74. The summed E-state index contributed by atoms with van der Waals surface area (Å²) in [6.07, 6.45) is 0.930. The molecular formula is C15H17FN2O2. The van der Waals surface area contributed by atoms with Crippen LogP contribution in [-0.2, 0) is 6.54 Å². The van der Waals surface area contributed by atoms with Crippen LogP contribution in [-0.4, -0.2) is 20.9 Å². The standard InChI is InChI=1S/C15H17FN2O2/c1-4-8-18-10(3)13(9(2)17-18)11-6-5-7-12(14(11)16)15(19)20/h5-7H,4,8H2,1-3H3,(H,19,20). The number of hydrogen-bond donors (Lipinski definition) is 1. The highest BCUT2D eigenvalue weighted by molar-refractivity contribution is 5.90. The molecule has 1 aromatic carbocycles. The second-order valence-electron chi connectivity index (χ2n) is 4.74. The molecule has 0 unspecified atom stereocenters. The summed E-state index contributed by atoms with van der Waals surface area (Å²) in [7, 11) is 0. The molecule has 0 aliphatic carbocycles. The van der Waals surface area contributed by atoms with E-state index in [1.807, 2.05) is 18.5 Å². The lowest BCUT2D eigenvalue weighted by molar-refractivity contribution is 0.0692. The van der Waals surface area contributed by atoms with Crippen molar-refractivity contribution in [3.05, 3.63) is 41.0 Å². The third-order valence-corrected chi connectivity index (χ3v) is 3.32. The maximum absolute atomic E-state index is 14.3. The molecule has 1 aromatic heterocycles. The van der Waals surface area contributed by atoms with Gasteiger partial charge >= 0.3 is 5.97 Å². The Bertz CT molecular complexity index is 662. The zero-order valence-electron chi connectivity index (χ0n) is 11.8. The van der Waals surface area contributed by atoms with Gasteiger partial charge in [0.2, 0.25) is 0 Å². The number of hydrogen-bond acceptors (Lipinski definition) is 2. The van der Waals surface area contributed by atoms with Gasteiger partial charge in [-0.3, -0.25) is 4.68 Å². The Hall–Kier alpha value is -2.17. The Morgan fingerprint density at radius 3 is 2.70 bits per heavy atom. The first-order chi connectivity index (χ1) is 9.47. The predicted molar refractivity (Wildman–Crippen MR) is 74.3 cm³/mol. The van der Waals surface area contributed by atoms with Crippen LogP contribution in [0.2, 0.25) is 0 Å².